The van der Waals surface area contributed by atoms with Gasteiger partial charge in [-0.05, 0) is 41.8 Å². The van der Waals surface area contributed by atoms with Crippen LogP contribution in [0.5, 0.6) is 0 Å². The van der Waals surface area contributed by atoms with E-state index in [-0.39, 0.29) is 18.1 Å². The van der Waals surface area contributed by atoms with Crippen molar-refractivity contribution >= 4 is 33.0 Å². The Balaban J connectivity index is 2.16. The van der Waals surface area contributed by atoms with Crippen LogP contribution in [0, 0.1) is 0 Å². The van der Waals surface area contributed by atoms with E-state index in [2.05, 4.69) is 54.2 Å². The molecule has 0 fully saturated rings. The molecule has 0 saturated carbocycles. The van der Waals surface area contributed by atoms with Crippen LogP contribution in [-0.2, 0) is 5.41 Å². The zero-order valence-electron chi connectivity index (χ0n) is 12.0. The standard InChI is InChI=1S/C16H20BrNOS/c1-16(2,3)15-9-8-14(20-15)13(10-19)18-12-6-4-11(17)5-7-12/h4-9,13,18-19H,10H2,1-3H3. The van der Waals surface area contributed by atoms with Crippen LogP contribution in [0.15, 0.2) is 40.9 Å². The van der Waals surface area contributed by atoms with Gasteiger partial charge in [-0.15, -0.1) is 11.3 Å². The molecule has 2 N–H and O–H groups in total. The van der Waals surface area contributed by atoms with E-state index in [1.54, 1.807) is 11.3 Å². The Kier molecular flexibility index (Phi) is 4.89. The fraction of sp³-hybridized carbons (Fsp3) is 0.375. The highest BCUT2D eigenvalue weighted by molar-refractivity contribution is 9.10. The zero-order valence-corrected chi connectivity index (χ0v) is 14.4. The molecule has 0 aliphatic rings. The monoisotopic (exact) mass is 353 g/mol. The number of hydrogen-bond acceptors (Lipinski definition) is 3. The van der Waals surface area contributed by atoms with Gasteiger partial charge in [0, 0.05) is 19.9 Å². The van der Waals surface area contributed by atoms with E-state index in [4.69, 9.17) is 0 Å². The second kappa shape index (κ2) is 6.29. The van der Waals surface area contributed by atoms with Crippen molar-refractivity contribution in [2.75, 3.05) is 11.9 Å². The molecular formula is C16H20BrNOS. The third-order valence-corrected chi connectivity index (χ3v) is 5.23. The lowest BCUT2D eigenvalue weighted by Gasteiger charge is -2.18. The maximum absolute atomic E-state index is 9.64. The van der Waals surface area contributed by atoms with Crippen molar-refractivity contribution in [3.05, 3.63) is 50.6 Å². The molecule has 1 aromatic heterocycles. The number of rotatable bonds is 4. The number of aliphatic hydroxyl groups excluding tert-OH is 1. The molecule has 0 aliphatic carbocycles. The van der Waals surface area contributed by atoms with Gasteiger partial charge >= 0.3 is 0 Å². The molecule has 0 radical (unpaired) electrons. The number of anilines is 1. The average Bonchev–Trinajstić information content (AvgIpc) is 2.87. The first-order valence-electron chi connectivity index (χ1n) is 6.63. The largest absolute Gasteiger partial charge is 0.394 e. The predicted octanol–water partition coefficient (Wildman–Crippen LogP) is 4.95. The molecule has 4 heteroatoms. The van der Waals surface area contributed by atoms with Crippen molar-refractivity contribution in [3.63, 3.8) is 0 Å². The molecule has 2 nitrogen and oxygen atoms in total. The van der Waals surface area contributed by atoms with Crippen LogP contribution in [0.2, 0.25) is 0 Å². The highest BCUT2D eigenvalue weighted by Gasteiger charge is 2.19. The summed E-state index contributed by atoms with van der Waals surface area (Å²) in [5.41, 5.74) is 1.17. The van der Waals surface area contributed by atoms with E-state index in [9.17, 15) is 5.11 Å². The topological polar surface area (TPSA) is 32.3 Å². The van der Waals surface area contributed by atoms with Crippen LogP contribution in [0.4, 0.5) is 5.69 Å². The Morgan fingerprint density at radius 1 is 1.15 bits per heavy atom. The minimum absolute atomic E-state index is 0.0581. The predicted molar refractivity (Wildman–Crippen MR) is 90.6 cm³/mol. The summed E-state index contributed by atoms with van der Waals surface area (Å²) in [6.45, 7) is 6.70. The number of benzene rings is 1. The van der Waals surface area contributed by atoms with Crippen molar-refractivity contribution in [3.8, 4) is 0 Å². The summed E-state index contributed by atoms with van der Waals surface area (Å²) in [6, 6.07) is 12.2. The quantitative estimate of drug-likeness (QED) is 0.814. The van der Waals surface area contributed by atoms with Gasteiger partial charge in [-0.1, -0.05) is 36.7 Å². The van der Waals surface area contributed by atoms with Crippen LogP contribution in [-0.4, -0.2) is 11.7 Å². The number of thiophene rings is 1. The molecule has 2 aromatic rings. The lowest BCUT2D eigenvalue weighted by Crippen LogP contribution is -2.13. The van der Waals surface area contributed by atoms with Crippen molar-refractivity contribution in [1.82, 2.24) is 0 Å². The van der Waals surface area contributed by atoms with E-state index in [0.717, 1.165) is 10.2 Å². The summed E-state index contributed by atoms with van der Waals surface area (Å²) >= 11 is 5.19. The summed E-state index contributed by atoms with van der Waals surface area (Å²) in [5, 5.41) is 13.0. The van der Waals surface area contributed by atoms with Gasteiger partial charge in [0.15, 0.2) is 0 Å². The third-order valence-electron chi connectivity index (χ3n) is 3.08. The maximum atomic E-state index is 9.64. The molecule has 2 rings (SSSR count). The molecule has 0 aliphatic heterocycles. The fourth-order valence-corrected chi connectivity index (χ4v) is 3.27. The number of halogens is 1. The molecular weight excluding hydrogens is 334 g/mol. The first-order chi connectivity index (χ1) is 9.40. The van der Waals surface area contributed by atoms with Gasteiger partial charge < -0.3 is 10.4 Å². The van der Waals surface area contributed by atoms with Gasteiger partial charge in [0.05, 0.1) is 12.6 Å². The second-order valence-corrected chi connectivity index (χ2v) is 7.87. The second-order valence-electron chi connectivity index (χ2n) is 5.84. The highest BCUT2D eigenvalue weighted by atomic mass is 79.9. The molecule has 0 spiro atoms. The van der Waals surface area contributed by atoms with Crippen LogP contribution in [0.3, 0.4) is 0 Å². The smallest absolute Gasteiger partial charge is 0.0837 e. The molecule has 20 heavy (non-hydrogen) atoms. The molecule has 0 saturated heterocycles. The molecule has 1 unspecified atom stereocenters. The zero-order chi connectivity index (χ0) is 14.8. The number of nitrogens with one attached hydrogen (secondary N) is 1. The lowest BCUT2D eigenvalue weighted by atomic mass is 9.95. The minimum atomic E-state index is -0.0581. The van der Waals surface area contributed by atoms with Gasteiger partial charge in [-0.2, -0.15) is 0 Å². The van der Waals surface area contributed by atoms with Crippen molar-refractivity contribution in [2.24, 2.45) is 0 Å². The molecule has 108 valence electrons. The summed E-state index contributed by atoms with van der Waals surface area (Å²) in [5.74, 6) is 0. The normalized spacial score (nSPS) is 13.2. The van der Waals surface area contributed by atoms with E-state index < -0.39 is 0 Å². The van der Waals surface area contributed by atoms with Gasteiger partial charge in [-0.25, -0.2) is 0 Å². The van der Waals surface area contributed by atoms with E-state index in [1.807, 2.05) is 24.3 Å². The van der Waals surface area contributed by atoms with Gasteiger partial charge in [0.1, 0.15) is 0 Å². The fourth-order valence-electron chi connectivity index (χ4n) is 1.90. The SMILES string of the molecule is CC(C)(C)c1ccc(C(CO)Nc2ccc(Br)cc2)s1. The van der Waals surface area contributed by atoms with Crippen molar-refractivity contribution in [2.45, 2.75) is 32.2 Å². The summed E-state index contributed by atoms with van der Waals surface area (Å²) in [4.78, 5) is 2.50. The van der Waals surface area contributed by atoms with Crippen molar-refractivity contribution in [1.29, 1.82) is 0 Å². The Bertz CT molecular complexity index is 557. The number of aliphatic hydroxyl groups is 1. The average molecular weight is 354 g/mol. The minimum Gasteiger partial charge on any atom is -0.394 e. The molecule has 1 aromatic carbocycles. The Hall–Kier alpha value is -0.840. The van der Waals surface area contributed by atoms with E-state index in [1.165, 1.54) is 9.75 Å². The Morgan fingerprint density at radius 3 is 2.30 bits per heavy atom. The van der Waals surface area contributed by atoms with E-state index >= 15 is 0 Å². The summed E-state index contributed by atoms with van der Waals surface area (Å²) in [7, 11) is 0. The molecule has 0 bridgehead atoms. The first kappa shape index (κ1) is 15.5. The molecule has 1 atom stereocenters. The van der Waals surface area contributed by atoms with E-state index in [0.29, 0.717) is 0 Å². The van der Waals surface area contributed by atoms with Crippen molar-refractivity contribution < 1.29 is 5.11 Å². The summed E-state index contributed by atoms with van der Waals surface area (Å²) < 4.78 is 1.05. The third kappa shape index (κ3) is 3.84. The summed E-state index contributed by atoms with van der Waals surface area (Å²) in [6.07, 6.45) is 0. The first-order valence-corrected chi connectivity index (χ1v) is 8.24. The lowest BCUT2D eigenvalue weighted by molar-refractivity contribution is 0.278. The van der Waals surface area contributed by atoms with Crippen LogP contribution in [0.25, 0.3) is 0 Å². The van der Waals surface area contributed by atoms with Gasteiger partial charge in [-0.3, -0.25) is 0 Å². The highest BCUT2D eigenvalue weighted by Crippen LogP contribution is 2.33. The Morgan fingerprint density at radius 2 is 1.80 bits per heavy atom. The maximum Gasteiger partial charge on any atom is 0.0837 e. The van der Waals surface area contributed by atoms with Gasteiger partial charge in [0.2, 0.25) is 0 Å². The molecule has 1 heterocycles. The Labute approximate surface area is 133 Å². The number of hydrogen-bond donors (Lipinski definition) is 2. The van der Waals surface area contributed by atoms with Crippen LogP contribution < -0.4 is 5.32 Å². The molecule has 0 amide bonds. The van der Waals surface area contributed by atoms with Gasteiger partial charge in [0.25, 0.3) is 0 Å². The van der Waals surface area contributed by atoms with Crippen LogP contribution in [0.1, 0.15) is 36.6 Å². The van der Waals surface area contributed by atoms with Crippen LogP contribution >= 0.6 is 27.3 Å².